The lowest BCUT2D eigenvalue weighted by atomic mass is 9.94. The standard InChI is InChI=1S/C21H27N5O3/c1-5-6-9-21(3,26-11-14(2)15-8-7-10-23-19(15)26)13-25-12-16(27)18(28)17(24-25)20(29)22-4/h7-8,10-12,27H,5-6,9,13H2,1-4H3,(H,22,29). The first-order chi connectivity index (χ1) is 13.8. The van der Waals surface area contributed by atoms with Gasteiger partial charge in [0.15, 0.2) is 11.4 Å². The first-order valence-corrected chi connectivity index (χ1v) is 9.76. The highest BCUT2D eigenvalue weighted by atomic mass is 16.3. The molecule has 0 saturated carbocycles. The van der Waals surface area contributed by atoms with E-state index in [0.717, 1.165) is 35.9 Å². The molecule has 1 atom stereocenters. The number of aryl methyl sites for hydroxylation is 1. The molecule has 0 radical (unpaired) electrons. The summed E-state index contributed by atoms with van der Waals surface area (Å²) in [6, 6.07) is 3.96. The normalized spacial score (nSPS) is 13.4. The highest BCUT2D eigenvalue weighted by molar-refractivity contribution is 5.92. The van der Waals surface area contributed by atoms with Gasteiger partial charge in [-0.05, 0) is 38.0 Å². The molecule has 8 heteroatoms. The van der Waals surface area contributed by atoms with E-state index in [1.165, 1.54) is 17.9 Å². The monoisotopic (exact) mass is 397 g/mol. The Morgan fingerprint density at radius 3 is 2.79 bits per heavy atom. The van der Waals surface area contributed by atoms with Gasteiger partial charge in [0.25, 0.3) is 11.3 Å². The second-order valence-electron chi connectivity index (χ2n) is 7.63. The van der Waals surface area contributed by atoms with Crippen molar-refractivity contribution in [2.75, 3.05) is 7.05 Å². The summed E-state index contributed by atoms with van der Waals surface area (Å²) in [6.45, 7) is 6.65. The predicted molar refractivity (Wildman–Crippen MR) is 111 cm³/mol. The van der Waals surface area contributed by atoms with Crippen LogP contribution in [0, 0.1) is 6.92 Å². The minimum Gasteiger partial charge on any atom is -0.503 e. The molecule has 0 fully saturated rings. The molecular weight excluding hydrogens is 370 g/mol. The summed E-state index contributed by atoms with van der Waals surface area (Å²) in [6.07, 6.45) is 7.98. The maximum absolute atomic E-state index is 12.1. The van der Waals surface area contributed by atoms with E-state index in [4.69, 9.17) is 0 Å². The molecular formula is C21H27N5O3. The number of aromatic hydroxyl groups is 1. The van der Waals surface area contributed by atoms with Crippen molar-refractivity contribution in [3.8, 4) is 5.75 Å². The molecule has 0 aliphatic rings. The van der Waals surface area contributed by atoms with Gasteiger partial charge in [-0.2, -0.15) is 5.10 Å². The molecule has 0 aliphatic carbocycles. The molecule has 1 unspecified atom stereocenters. The van der Waals surface area contributed by atoms with Gasteiger partial charge in [0.05, 0.1) is 18.3 Å². The van der Waals surface area contributed by atoms with Crippen LogP contribution >= 0.6 is 0 Å². The highest BCUT2D eigenvalue weighted by Crippen LogP contribution is 2.31. The summed E-state index contributed by atoms with van der Waals surface area (Å²) in [4.78, 5) is 28.7. The molecule has 3 aromatic rings. The number of aromatic nitrogens is 4. The van der Waals surface area contributed by atoms with Gasteiger partial charge in [-0.3, -0.25) is 14.3 Å². The largest absolute Gasteiger partial charge is 0.503 e. The number of pyridine rings is 1. The van der Waals surface area contributed by atoms with Crippen molar-refractivity contribution in [2.45, 2.75) is 52.1 Å². The molecule has 0 spiro atoms. The fourth-order valence-corrected chi connectivity index (χ4v) is 3.69. The number of rotatable bonds is 7. The van der Waals surface area contributed by atoms with Gasteiger partial charge in [0, 0.05) is 24.8 Å². The van der Waals surface area contributed by atoms with Gasteiger partial charge in [0.1, 0.15) is 5.65 Å². The number of carbonyl (C=O) groups is 1. The zero-order chi connectivity index (χ0) is 21.2. The first-order valence-electron chi connectivity index (χ1n) is 9.76. The molecule has 3 rings (SSSR count). The molecule has 154 valence electrons. The number of amides is 1. The quantitative estimate of drug-likeness (QED) is 0.638. The SMILES string of the molecule is CCCCC(C)(Cn1cc(O)c(=O)c(C(=O)NC)n1)n1cc(C)c2cccnc21. The summed E-state index contributed by atoms with van der Waals surface area (Å²) in [5.74, 6) is -1.12. The molecule has 2 N–H and O–H groups in total. The predicted octanol–water partition coefficient (Wildman–Crippen LogP) is 2.57. The Bertz CT molecular complexity index is 1100. The Morgan fingerprint density at radius 2 is 2.10 bits per heavy atom. The average molecular weight is 397 g/mol. The summed E-state index contributed by atoms with van der Waals surface area (Å²) < 4.78 is 3.62. The fraction of sp³-hybridized carbons (Fsp3) is 0.429. The van der Waals surface area contributed by atoms with Gasteiger partial charge in [-0.25, -0.2) is 4.98 Å². The van der Waals surface area contributed by atoms with Crippen LogP contribution in [0.2, 0.25) is 0 Å². The van der Waals surface area contributed by atoms with E-state index >= 15 is 0 Å². The van der Waals surface area contributed by atoms with Crippen molar-refractivity contribution < 1.29 is 9.90 Å². The lowest BCUT2D eigenvalue weighted by molar-refractivity contribution is 0.0952. The van der Waals surface area contributed by atoms with Crippen LogP contribution in [-0.4, -0.2) is 37.4 Å². The van der Waals surface area contributed by atoms with Crippen LogP contribution in [0.3, 0.4) is 0 Å². The number of fused-ring (bicyclic) bond motifs is 1. The lowest BCUT2D eigenvalue weighted by Crippen LogP contribution is -2.37. The summed E-state index contributed by atoms with van der Waals surface area (Å²) in [5.41, 5.74) is 0.473. The summed E-state index contributed by atoms with van der Waals surface area (Å²) in [5, 5.41) is 17.8. The molecule has 8 nitrogen and oxygen atoms in total. The summed E-state index contributed by atoms with van der Waals surface area (Å²) >= 11 is 0. The molecule has 3 heterocycles. The van der Waals surface area contributed by atoms with Crippen LogP contribution in [0.25, 0.3) is 11.0 Å². The van der Waals surface area contributed by atoms with Gasteiger partial charge >= 0.3 is 0 Å². The van der Waals surface area contributed by atoms with E-state index in [1.807, 2.05) is 19.1 Å². The minimum atomic E-state index is -0.778. The maximum atomic E-state index is 12.1. The van der Waals surface area contributed by atoms with Crippen molar-refractivity contribution >= 4 is 16.9 Å². The van der Waals surface area contributed by atoms with Crippen LogP contribution in [0.15, 0.2) is 35.5 Å². The van der Waals surface area contributed by atoms with Crippen molar-refractivity contribution in [1.29, 1.82) is 0 Å². The van der Waals surface area contributed by atoms with E-state index < -0.39 is 22.6 Å². The fourth-order valence-electron chi connectivity index (χ4n) is 3.69. The van der Waals surface area contributed by atoms with E-state index in [0.29, 0.717) is 6.54 Å². The lowest BCUT2D eigenvalue weighted by Gasteiger charge is -2.33. The van der Waals surface area contributed by atoms with Crippen molar-refractivity contribution in [3.63, 3.8) is 0 Å². The van der Waals surface area contributed by atoms with Crippen molar-refractivity contribution in [2.24, 2.45) is 0 Å². The Morgan fingerprint density at radius 1 is 1.34 bits per heavy atom. The van der Waals surface area contributed by atoms with E-state index in [-0.39, 0.29) is 5.69 Å². The molecule has 0 saturated heterocycles. The maximum Gasteiger partial charge on any atom is 0.275 e. The second-order valence-corrected chi connectivity index (χ2v) is 7.63. The third kappa shape index (κ3) is 3.87. The number of unbranched alkanes of at least 4 members (excludes halogenated alkanes) is 1. The average Bonchev–Trinajstić information content (AvgIpc) is 3.06. The number of nitrogens with zero attached hydrogens (tertiary/aromatic N) is 4. The molecule has 1 amide bonds. The van der Waals surface area contributed by atoms with E-state index in [9.17, 15) is 14.7 Å². The Balaban J connectivity index is 2.12. The number of hydrogen-bond acceptors (Lipinski definition) is 5. The van der Waals surface area contributed by atoms with E-state index in [2.05, 4.69) is 40.0 Å². The van der Waals surface area contributed by atoms with E-state index in [1.54, 1.807) is 6.20 Å². The molecule has 0 aromatic carbocycles. The van der Waals surface area contributed by atoms with Gasteiger partial charge < -0.3 is 15.0 Å². The zero-order valence-corrected chi connectivity index (χ0v) is 17.3. The Kier molecular flexibility index (Phi) is 5.72. The molecule has 0 aliphatic heterocycles. The summed E-state index contributed by atoms with van der Waals surface area (Å²) in [7, 11) is 1.42. The highest BCUT2D eigenvalue weighted by Gasteiger charge is 2.30. The molecule has 0 bridgehead atoms. The Labute approximate surface area is 169 Å². The second kappa shape index (κ2) is 8.06. The third-order valence-electron chi connectivity index (χ3n) is 5.31. The third-order valence-corrected chi connectivity index (χ3v) is 5.31. The van der Waals surface area contributed by atoms with Gasteiger partial charge in [0.2, 0.25) is 0 Å². The topological polar surface area (TPSA) is 102 Å². The van der Waals surface area contributed by atoms with Crippen LogP contribution in [-0.2, 0) is 12.1 Å². The van der Waals surface area contributed by atoms with Crippen LogP contribution in [0.4, 0.5) is 0 Å². The van der Waals surface area contributed by atoms with Crippen molar-refractivity contribution in [3.05, 3.63) is 52.2 Å². The Hall–Kier alpha value is -3.16. The smallest absolute Gasteiger partial charge is 0.275 e. The minimum absolute atomic E-state index is 0.322. The molecule has 3 aromatic heterocycles. The number of carbonyl (C=O) groups excluding carboxylic acids is 1. The number of nitrogens with one attached hydrogen (secondary N) is 1. The van der Waals surface area contributed by atoms with Crippen LogP contribution < -0.4 is 10.7 Å². The van der Waals surface area contributed by atoms with Crippen LogP contribution in [0.1, 0.15) is 49.2 Å². The first kappa shape index (κ1) is 20.6. The van der Waals surface area contributed by atoms with Gasteiger partial charge in [-0.15, -0.1) is 0 Å². The van der Waals surface area contributed by atoms with Crippen LogP contribution in [0.5, 0.6) is 5.75 Å². The van der Waals surface area contributed by atoms with Gasteiger partial charge in [-0.1, -0.05) is 19.8 Å². The molecule has 29 heavy (non-hydrogen) atoms. The zero-order valence-electron chi connectivity index (χ0n) is 17.3. The van der Waals surface area contributed by atoms with Crippen molar-refractivity contribution in [1.82, 2.24) is 24.6 Å². The number of hydrogen-bond donors (Lipinski definition) is 2.